The Labute approximate surface area is 274 Å². The van der Waals surface area contributed by atoms with Gasteiger partial charge in [-0.25, -0.2) is 8.42 Å². The normalized spacial score (nSPS) is 18.1. The number of hydrogen-bond donors (Lipinski definition) is 2. The van der Waals surface area contributed by atoms with Crippen molar-refractivity contribution in [2.75, 3.05) is 23.1 Å². The number of benzene rings is 4. The van der Waals surface area contributed by atoms with Crippen molar-refractivity contribution < 1.29 is 27.8 Å². The van der Waals surface area contributed by atoms with Gasteiger partial charge in [0.1, 0.15) is 29.5 Å². The van der Waals surface area contributed by atoms with Gasteiger partial charge in [0.05, 0.1) is 40.9 Å². The van der Waals surface area contributed by atoms with E-state index < -0.39 is 27.2 Å². The molecule has 8 nitrogen and oxygen atoms in total. The largest absolute Gasteiger partial charge is 0.506 e. The van der Waals surface area contributed by atoms with Crippen LogP contribution in [0.15, 0.2) is 102 Å². The fraction of sp³-hybridized carbons (Fsp3) is 0.250. The number of methoxy groups -OCH3 is 1. The summed E-state index contributed by atoms with van der Waals surface area (Å²) in [6, 6.07) is 25.7. The quantitative estimate of drug-likeness (QED) is 0.199. The molecule has 2 aliphatic rings. The van der Waals surface area contributed by atoms with E-state index in [9.17, 15) is 18.3 Å². The van der Waals surface area contributed by atoms with E-state index in [1.165, 1.54) is 18.1 Å². The number of anilines is 2. The van der Waals surface area contributed by atoms with Gasteiger partial charge in [0.2, 0.25) is 5.91 Å². The first-order chi connectivity index (χ1) is 22.0. The molecule has 0 saturated carbocycles. The zero-order valence-electron chi connectivity index (χ0n) is 25.8. The van der Waals surface area contributed by atoms with Crippen molar-refractivity contribution in [2.24, 2.45) is 5.41 Å². The molecule has 0 spiro atoms. The fourth-order valence-electron chi connectivity index (χ4n) is 6.32. The van der Waals surface area contributed by atoms with Gasteiger partial charge in [0.15, 0.2) is 9.84 Å². The summed E-state index contributed by atoms with van der Waals surface area (Å²) in [4.78, 5) is 16.1. The molecule has 0 saturated heterocycles. The SMILES string of the molecule is COc1ccccc1CC(=O)N1c2cccc(O)c2NC2=C(C1c1ccc(OCc3ccccc3)c(Cl)c1)S(=O)(=O)CC(C)(C)C2. The first-order valence-electron chi connectivity index (χ1n) is 14.9. The Balaban J connectivity index is 1.52. The molecule has 2 aliphatic heterocycles. The number of phenols is 1. The molecule has 1 atom stereocenters. The van der Waals surface area contributed by atoms with E-state index in [0.717, 1.165) is 5.56 Å². The van der Waals surface area contributed by atoms with Crippen LogP contribution in [-0.2, 0) is 27.7 Å². The molecule has 0 radical (unpaired) electrons. The van der Waals surface area contributed by atoms with E-state index in [1.54, 1.807) is 42.5 Å². The first kappa shape index (κ1) is 31.5. The summed E-state index contributed by atoms with van der Waals surface area (Å²) in [5.41, 5.74) is 2.52. The number of ether oxygens (including phenoxy) is 2. The molecule has 0 bridgehead atoms. The van der Waals surface area contributed by atoms with Gasteiger partial charge in [0.25, 0.3) is 0 Å². The van der Waals surface area contributed by atoms with Crippen molar-refractivity contribution in [3.63, 3.8) is 0 Å². The van der Waals surface area contributed by atoms with Crippen molar-refractivity contribution in [3.8, 4) is 17.2 Å². The van der Waals surface area contributed by atoms with Gasteiger partial charge in [-0.3, -0.25) is 9.69 Å². The molecule has 238 valence electrons. The van der Waals surface area contributed by atoms with E-state index in [4.69, 9.17) is 21.1 Å². The van der Waals surface area contributed by atoms with Crippen LogP contribution in [-0.4, -0.2) is 32.3 Å². The Morgan fingerprint density at radius 3 is 2.48 bits per heavy atom. The highest BCUT2D eigenvalue weighted by Gasteiger charge is 2.47. The second kappa shape index (κ2) is 12.4. The van der Waals surface area contributed by atoms with Crippen LogP contribution in [0.3, 0.4) is 0 Å². The lowest BCUT2D eigenvalue weighted by Gasteiger charge is -2.37. The minimum Gasteiger partial charge on any atom is -0.506 e. The lowest BCUT2D eigenvalue weighted by molar-refractivity contribution is -0.118. The van der Waals surface area contributed by atoms with E-state index in [0.29, 0.717) is 47.0 Å². The van der Waals surface area contributed by atoms with Crippen LogP contribution in [0.1, 0.15) is 43.0 Å². The number of fused-ring (bicyclic) bond motifs is 1. The Hall–Kier alpha value is -4.47. The summed E-state index contributed by atoms with van der Waals surface area (Å²) < 4.78 is 40.1. The van der Waals surface area contributed by atoms with Gasteiger partial charge in [-0.1, -0.05) is 86.1 Å². The van der Waals surface area contributed by atoms with Crippen LogP contribution in [0.2, 0.25) is 5.02 Å². The summed E-state index contributed by atoms with van der Waals surface area (Å²) in [6.07, 6.45) is 0.294. The molecule has 2 heterocycles. The maximum Gasteiger partial charge on any atom is 0.232 e. The maximum atomic E-state index is 14.6. The van der Waals surface area contributed by atoms with Crippen molar-refractivity contribution in [1.29, 1.82) is 0 Å². The number of amides is 1. The van der Waals surface area contributed by atoms with Crippen LogP contribution >= 0.6 is 11.6 Å². The molecular formula is C36H35ClN2O6S. The maximum absolute atomic E-state index is 14.6. The van der Waals surface area contributed by atoms with E-state index in [2.05, 4.69) is 5.32 Å². The molecular weight excluding hydrogens is 624 g/mol. The molecule has 46 heavy (non-hydrogen) atoms. The van der Waals surface area contributed by atoms with Crippen molar-refractivity contribution in [1.82, 2.24) is 0 Å². The number of para-hydroxylation sites is 2. The lowest BCUT2D eigenvalue weighted by Crippen LogP contribution is -2.41. The minimum absolute atomic E-state index is 0.0739. The number of sulfone groups is 1. The Morgan fingerprint density at radius 2 is 1.74 bits per heavy atom. The zero-order valence-corrected chi connectivity index (χ0v) is 27.4. The molecule has 0 aromatic heterocycles. The Bertz CT molecular complexity index is 1940. The standard InChI is InChI=1S/C36H35ClN2O6S/c1-36(2)20-27-35(46(42,43)22-36)34(25-16-17-31(26(37)18-25)45-21-23-10-5-4-6-11-23)39(28-13-9-14-29(40)33(28)38-27)32(41)19-24-12-7-8-15-30(24)44-3/h4-18,34,38,40H,19-22H2,1-3H3. The molecule has 1 unspecified atom stereocenters. The topological polar surface area (TPSA) is 105 Å². The van der Waals surface area contributed by atoms with E-state index >= 15 is 0 Å². The summed E-state index contributed by atoms with van der Waals surface area (Å²) in [7, 11) is -2.39. The third-order valence-corrected chi connectivity index (χ3v) is 10.8. The summed E-state index contributed by atoms with van der Waals surface area (Å²) in [6.45, 7) is 4.08. The highest BCUT2D eigenvalue weighted by Crippen LogP contribution is 2.52. The molecule has 6 rings (SSSR count). The smallest absolute Gasteiger partial charge is 0.232 e. The van der Waals surface area contributed by atoms with Gasteiger partial charge in [-0.15, -0.1) is 0 Å². The average molecular weight is 659 g/mol. The molecule has 0 aliphatic carbocycles. The molecule has 4 aromatic carbocycles. The second-order valence-electron chi connectivity index (χ2n) is 12.4. The number of aromatic hydroxyl groups is 1. The number of nitrogens with zero attached hydrogens (tertiary/aromatic N) is 1. The van der Waals surface area contributed by atoms with Crippen molar-refractivity contribution in [2.45, 2.75) is 39.3 Å². The van der Waals surface area contributed by atoms with Crippen LogP contribution in [0.4, 0.5) is 11.4 Å². The molecule has 2 N–H and O–H groups in total. The number of nitrogens with one attached hydrogen (secondary N) is 1. The fourth-order valence-corrected chi connectivity index (χ4v) is 8.93. The number of carbonyl (C=O) groups excluding carboxylic acids is 1. The second-order valence-corrected chi connectivity index (χ2v) is 14.7. The highest BCUT2D eigenvalue weighted by molar-refractivity contribution is 7.95. The van der Waals surface area contributed by atoms with Crippen LogP contribution in [0, 0.1) is 5.41 Å². The predicted molar refractivity (Wildman–Crippen MR) is 180 cm³/mol. The van der Waals surface area contributed by atoms with Gasteiger partial charge >= 0.3 is 0 Å². The third-order valence-electron chi connectivity index (χ3n) is 8.24. The van der Waals surface area contributed by atoms with Gasteiger partial charge in [-0.2, -0.15) is 0 Å². The number of carbonyl (C=O) groups is 1. The zero-order chi connectivity index (χ0) is 32.6. The van der Waals surface area contributed by atoms with Crippen LogP contribution in [0.25, 0.3) is 0 Å². The minimum atomic E-state index is -3.92. The van der Waals surface area contributed by atoms with E-state index in [1.807, 2.05) is 56.3 Å². The van der Waals surface area contributed by atoms with Gasteiger partial charge in [-0.05, 0) is 53.3 Å². The average Bonchev–Trinajstić information content (AvgIpc) is 3.16. The Kier molecular flexibility index (Phi) is 8.48. The molecule has 10 heteroatoms. The highest BCUT2D eigenvalue weighted by atomic mass is 35.5. The Morgan fingerprint density at radius 1 is 1.00 bits per heavy atom. The lowest BCUT2D eigenvalue weighted by atomic mass is 9.88. The van der Waals surface area contributed by atoms with Crippen LogP contribution < -0.4 is 19.7 Å². The van der Waals surface area contributed by atoms with E-state index in [-0.39, 0.29) is 33.5 Å². The molecule has 0 fully saturated rings. The first-order valence-corrected chi connectivity index (χ1v) is 17.0. The number of phenolic OH excluding ortho intramolecular Hbond substituents is 1. The van der Waals surface area contributed by atoms with Gasteiger partial charge < -0.3 is 19.9 Å². The van der Waals surface area contributed by atoms with Crippen molar-refractivity contribution >= 4 is 38.7 Å². The number of rotatable bonds is 7. The van der Waals surface area contributed by atoms with Crippen LogP contribution in [0.5, 0.6) is 17.2 Å². The summed E-state index contributed by atoms with van der Waals surface area (Å²) >= 11 is 6.80. The number of halogens is 1. The molecule has 1 amide bonds. The number of allylic oxidation sites excluding steroid dienone is 1. The van der Waals surface area contributed by atoms with Gasteiger partial charge in [0, 0.05) is 11.3 Å². The summed E-state index contributed by atoms with van der Waals surface area (Å²) in [5.74, 6) is 0.347. The molecule has 4 aromatic rings. The van der Waals surface area contributed by atoms with Crippen molar-refractivity contribution in [3.05, 3.63) is 123 Å². The third kappa shape index (κ3) is 6.17. The summed E-state index contributed by atoms with van der Waals surface area (Å²) in [5, 5.41) is 14.6. The predicted octanol–water partition coefficient (Wildman–Crippen LogP) is 7.43. The number of hydrogen-bond acceptors (Lipinski definition) is 7. The monoisotopic (exact) mass is 658 g/mol.